The number of hydrogen-bond acceptors (Lipinski definition) is 3. The first-order valence-corrected chi connectivity index (χ1v) is 7.76. The van der Waals surface area contributed by atoms with Crippen molar-refractivity contribution in [2.75, 3.05) is 13.1 Å². The summed E-state index contributed by atoms with van der Waals surface area (Å²) >= 11 is 6.27. The second-order valence-electron chi connectivity index (χ2n) is 6.39. The third-order valence-electron chi connectivity index (χ3n) is 3.92. The van der Waals surface area contributed by atoms with Crippen LogP contribution in [0.15, 0.2) is 18.3 Å². The van der Waals surface area contributed by atoms with Gasteiger partial charge in [-0.3, -0.25) is 10.00 Å². The van der Waals surface area contributed by atoms with Gasteiger partial charge in [-0.25, -0.2) is 0 Å². The zero-order chi connectivity index (χ0) is 15.6. The number of aliphatic hydroxyl groups excluding tert-OH is 1. The Kier molecular flexibility index (Phi) is 4.91. The number of rotatable bonds is 5. The Morgan fingerprint density at radius 3 is 2.71 bits per heavy atom. The van der Waals surface area contributed by atoms with Crippen LogP contribution in [0.25, 0.3) is 10.9 Å². The molecule has 0 aliphatic rings. The van der Waals surface area contributed by atoms with Gasteiger partial charge in [0.1, 0.15) is 0 Å². The highest BCUT2D eigenvalue weighted by Gasteiger charge is 2.21. The van der Waals surface area contributed by atoms with Crippen LogP contribution in [0.2, 0.25) is 5.02 Å². The molecular weight excluding hydrogens is 286 g/mol. The van der Waals surface area contributed by atoms with Crippen molar-refractivity contribution in [1.82, 2.24) is 15.1 Å². The van der Waals surface area contributed by atoms with E-state index in [1.54, 1.807) is 6.20 Å². The molecule has 1 aromatic heterocycles. The number of aromatic amines is 1. The molecule has 0 saturated heterocycles. The van der Waals surface area contributed by atoms with E-state index >= 15 is 0 Å². The van der Waals surface area contributed by atoms with Gasteiger partial charge in [-0.05, 0) is 51.4 Å². The van der Waals surface area contributed by atoms with Crippen LogP contribution in [0.3, 0.4) is 0 Å². The van der Waals surface area contributed by atoms with Crippen LogP contribution in [0.5, 0.6) is 0 Å². The summed E-state index contributed by atoms with van der Waals surface area (Å²) in [6.45, 7) is 10.5. The van der Waals surface area contributed by atoms with Gasteiger partial charge < -0.3 is 5.11 Å². The van der Waals surface area contributed by atoms with Crippen molar-refractivity contribution in [2.24, 2.45) is 0 Å². The number of nitrogens with one attached hydrogen (secondary N) is 1. The third kappa shape index (κ3) is 3.76. The lowest BCUT2D eigenvalue weighted by molar-refractivity contribution is 0.0998. The van der Waals surface area contributed by atoms with Crippen molar-refractivity contribution in [2.45, 2.75) is 45.8 Å². The summed E-state index contributed by atoms with van der Waals surface area (Å²) in [4.78, 5) is 2.35. The van der Waals surface area contributed by atoms with Crippen LogP contribution in [0.1, 0.15) is 45.8 Å². The van der Waals surface area contributed by atoms with Crippen LogP contribution in [0.4, 0.5) is 0 Å². The zero-order valence-corrected chi connectivity index (χ0v) is 13.9. The normalized spacial score (nSPS) is 14.0. The van der Waals surface area contributed by atoms with Gasteiger partial charge in [0.15, 0.2) is 0 Å². The highest BCUT2D eigenvalue weighted by Crippen LogP contribution is 2.30. The molecule has 1 atom stereocenters. The molecule has 2 aromatic rings. The highest BCUT2D eigenvalue weighted by atomic mass is 35.5. The summed E-state index contributed by atoms with van der Waals surface area (Å²) in [6.07, 6.45) is 1.84. The predicted octanol–water partition coefficient (Wildman–Crippen LogP) is 3.76. The lowest BCUT2D eigenvalue weighted by Gasteiger charge is -2.35. The molecule has 0 bridgehead atoms. The Hall–Kier alpha value is -1.10. The average molecular weight is 310 g/mol. The Labute approximate surface area is 131 Å². The van der Waals surface area contributed by atoms with Crippen LogP contribution < -0.4 is 0 Å². The van der Waals surface area contributed by atoms with Gasteiger partial charge >= 0.3 is 0 Å². The molecule has 0 spiro atoms. The van der Waals surface area contributed by atoms with Crippen LogP contribution in [-0.2, 0) is 0 Å². The second-order valence-corrected chi connectivity index (χ2v) is 6.79. The van der Waals surface area contributed by atoms with Gasteiger partial charge in [-0.15, -0.1) is 0 Å². The SMILES string of the molecule is CCN(CCC(O)c1cc2cn[nH]c2cc1Cl)C(C)(C)C. The molecule has 1 heterocycles. The molecule has 2 rings (SSSR count). The fourth-order valence-corrected chi connectivity index (χ4v) is 2.93. The number of H-pyrrole nitrogens is 1. The number of nitrogens with zero attached hydrogens (tertiary/aromatic N) is 2. The van der Waals surface area contributed by atoms with Crippen molar-refractivity contribution >= 4 is 22.5 Å². The fourth-order valence-electron chi connectivity index (χ4n) is 2.64. The van der Waals surface area contributed by atoms with E-state index in [4.69, 9.17) is 11.6 Å². The first kappa shape index (κ1) is 16.3. The van der Waals surface area contributed by atoms with Gasteiger partial charge in [0, 0.05) is 22.5 Å². The molecule has 1 aromatic carbocycles. The minimum absolute atomic E-state index is 0.104. The van der Waals surface area contributed by atoms with Gasteiger partial charge in [0.05, 0.1) is 17.8 Å². The summed E-state index contributed by atoms with van der Waals surface area (Å²) in [6, 6.07) is 3.74. The molecule has 0 radical (unpaired) electrons. The lowest BCUT2D eigenvalue weighted by Crippen LogP contribution is -2.42. The second kappa shape index (κ2) is 6.34. The number of fused-ring (bicyclic) bond motifs is 1. The van der Waals surface area contributed by atoms with Crippen LogP contribution in [-0.4, -0.2) is 38.8 Å². The van der Waals surface area contributed by atoms with Crippen molar-refractivity contribution in [3.05, 3.63) is 28.9 Å². The zero-order valence-electron chi connectivity index (χ0n) is 13.2. The smallest absolute Gasteiger partial charge is 0.0816 e. The predicted molar refractivity (Wildman–Crippen MR) is 87.7 cm³/mol. The maximum Gasteiger partial charge on any atom is 0.0816 e. The molecule has 2 N–H and O–H groups in total. The van der Waals surface area contributed by atoms with Gasteiger partial charge in [-0.1, -0.05) is 18.5 Å². The molecule has 0 fully saturated rings. The maximum atomic E-state index is 10.5. The fraction of sp³-hybridized carbons (Fsp3) is 0.562. The average Bonchev–Trinajstić information content (AvgIpc) is 2.83. The largest absolute Gasteiger partial charge is 0.388 e. The van der Waals surface area contributed by atoms with E-state index in [0.29, 0.717) is 11.4 Å². The van der Waals surface area contributed by atoms with Crippen molar-refractivity contribution < 1.29 is 5.11 Å². The van der Waals surface area contributed by atoms with Crippen molar-refractivity contribution in [3.63, 3.8) is 0 Å². The summed E-state index contributed by atoms with van der Waals surface area (Å²) in [5.41, 5.74) is 1.77. The molecule has 4 nitrogen and oxygen atoms in total. The van der Waals surface area contributed by atoms with E-state index in [2.05, 4.69) is 42.8 Å². The number of aromatic nitrogens is 2. The number of halogens is 1. The van der Waals surface area contributed by atoms with Gasteiger partial charge in [-0.2, -0.15) is 5.10 Å². The topological polar surface area (TPSA) is 52.1 Å². The molecule has 1 unspecified atom stereocenters. The summed E-state index contributed by atoms with van der Waals surface area (Å²) in [7, 11) is 0. The van der Waals surface area contributed by atoms with Gasteiger partial charge in [0.25, 0.3) is 0 Å². The van der Waals surface area contributed by atoms with E-state index in [1.807, 2.05) is 12.1 Å². The Morgan fingerprint density at radius 1 is 1.38 bits per heavy atom. The Bertz CT molecular complexity index is 603. The Balaban J connectivity index is 2.11. The van der Waals surface area contributed by atoms with E-state index in [9.17, 15) is 5.11 Å². The van der Waals surface area contributed by atoms with Gasteiger partial charge in [0.2, 0.25) is 0 Å². The van der Waals surface area contributed by atoms with E-state index in [-0.39, 0.29) is 5.54 Å². The number of hydrogen-bond donors (Lipinski definition) is 2. The van der Waals surface area contributed by atoms with E-state index < -0.39 is 6.10 Å². The minimum atomic E-state index is -0.562. The molecule has 0 saturated carbocycles. The van der Waals surface area contributed by atoms with E-state index in [0.717, 1.165) is 29.6 Å². The van der Waals surface area contributed by atoms with Crippen LogP contribution >= 0.6 is 11.6 Å². The maximum absolute atomic E-state index is 10.5. The first-order chi connectivity index (χ1) is 9.82. The third-order valence-corrected chi connectivity index (χ3v) is 4.25. The molecule has 5 heteroatoms. The highest BCUT2D eigenvalue weighted by molar-refractivity contribution is 6.32. The molecule has 116 valence electrons. The molecule has 0 amide bonds. The first-order valence-electron chi connectivity index (χ1n) is 7.38. The number of aliphatic hydroxyl groups is 1. The summed E-state index contributed by atoms with van der Waals surface area (Å²) < 4.78 is 0. The quantitative estimate of drug-likeness (QED) is 0.884. The summed E-state index contributed by atoms with van der Waals surface area (Å²) in [5.74, 6) is 0. The molecule has 21 heavy (non-hydrogen) atoms. The van der Waals surface area contributed by atoms with E-state index in [1.165, 1.54) is 0 Å². The minimum Gasteiger partial charge on any atom is -0.388 e. The van der Waals surface area contributed by atoms with Crippen molar-refractivity contribution in [1.29, 1.82) is 0 Å². The lowest BCUT2D eigenvalue weighted by atomic mass is 10.0. The molecular formula is C16H24ClN3O. The standard InChI is InChI=1S/C16H24ClN3O/c1-5-20(16(2,3)4)7-6-15(21)12-8-11-10-18-19-14(11)9-13(12)17/h8-10,15,21H,5-7H2,1-4H3,(H,18,19). The number of benzene rings is 1. The van der Waals surface area contributed by atoms with Crippen molar-refractivity contribution in [3.8, 4) is 0 Å². The van der Waals surface area contributed by atoms with Crippen LogP contribution in [0, 0.1) is 0 Å². The molecule has 0 aliphatic heterocycles. The monoisotopic (exact) mass is 309 g/mol. The molecule has 0 aliphatic carbocycles. The Morgan fingerprint density at radius 2 is 2.10 bits per heavy atom. The summed E-state index contributed by atoms with van der Waals surface area (Å²) in [5, 5.41) is 18.9.